The third-order valence-corrected chi connectivity index (χ3v) is 3.43. The monoisotopic (exact) mass is 260 g/mol. The topological polar surface area (TPSA) is 42.0 Å². The molecule has 0 aliphatic rings. The molecule has 0 bridgehead atoms. The van der Waals surface area contributed by atoms with E-state index in [2.05, 4.69) is 10.3 Å². The molecule has 0 spiro atoms. The first-order chi connectivity index (χ1) is 8.47. The Kier molecular flexibility index (Phi) is 3.48. The Morgan fingerprint density at radius 2 is 1.89 bits per heavy atom. The van der Waals surface area contributed by atoms with Crippen LogP contribution in [0.4, 0.5) is 5.13 Å². The molecule has 0 radical (unpaired) electrons. The van der Waals surface area contributed by atoms with Gasteiger partial charge in [0, 0.05) is 11.6 Å². The van der Waals surface area contributed by atoms with Gasteiger partial charge in [-0.3, -0.25) is 4.79 Å². The van der Waals surface area contributed by atoms with Crippen LogP contribution in [0.25, 0.3) is 10.4 Å². The first-order valence-electron chi connectivity index (χ1n) is 5.79. The maximum absolute atomic E-state index is 11.8. The Morgan fingerprint density at radius 3 is 2.50 bits per heavy atom. The summed E-state index contributed by atoms with van der Waals surface area (Å²) in [5.74, 6) is -0.0172. The Balaban J connectivity index is 2.15. The zero-order valence-corrected chi connectivity index (χ0v) is 11.5. The van der Waals surface area contributed by atoms with Gasteiger partial charge in [0.1, 0.15) is 0 Å². The Bertz CT molecular complexity index is 540. The van der Waals surface area contributed by atoms with Gasteiger partial charge in [-0.25, -0.2) is 4.98 Å². The smallest absolute Gasteiger partial charge is 0.231 e. The molecule has 1 aromatic heterocycles. The molecule has 2 rings (SSSR count). The van der Waals surface area contributed by atoms with Gasteiger partial charge in [-0.2, -0.15) is 0 Å². The van der Waals surface area contributed by atoms with Crippen molar-refractivity contribution in [3.8, 4) is 10.4 Å². The zero-order valence-electron chi connectivity index (χ0n) is 10.7. The average Bonchev–Trinajstić information content (AvgIpc) is 2.77. The first kappa shape index (κ1) is 12.8. The minimum atomic E-state index is -0.404. The van der Waals surface area contributed by atoms with E-state index >= 15 is 0 Å². The molecule has 3 nitrogen and oxygen atoms in total. The molecule has 0 saturated carbocycles. The van der Waals surface area contributed by atoms with Crippen LogP contribution in [0.15, 0.2) is 36.5 Å². The van der Waals surface area contributed by atoms with Crippen LogP contribution in [0, 0.1) is 5.41 Å². The van der Waals surface area contributed by atoms with Crippen molar-refractivity contribution in [3.05, 3.63) is 36.5 Å². The average molecular weight is 260 g/mol. The molecular formula is C14H16N2OS. The number of nitrogens with zero attached hydrogens (tertiary/aromatic N) is 1. The number of nitrogens with one attached hydrogen (secondary N) is 1. The maximum atomic E-state index is 11.8. The molecule has 2 aromatic rings. The normalized spacial score (nSPS) is 11.3. The second-order valence-corrected chi connectivity index (χ2v) is 6.13. The minimum absolute atomic E-state index is 0.0172. The van der Waals surface area contributed by atoms with E-state index in [0.29, 0.717) is 5.13 Å². The van der Waals surface area contributed by atoms with E-state index in [1.54, 1.807) is 6.20 Å². The Morgan fingerprint density at radius 1 is 1.22 bits per heavy atom. The van der Waals surface area contributed by atoms with Crippen molar-refractivity contribution in [1.29, 1.82) is 0 Å². The van der Waals surface area contributed by atoms with Crippen molar-refractivity contribution < 1.29 is 4.79 Å². The molecule has 1 amide bonds. The third-order valence-electron chi connectivity index (χ3n) is 2.47. The molecule has 94 valence electrons. The lowest BCUT2D eigenvalue weighted by Crippen LogP contribution is -2.27. The van der Waals surface area contributed by atoms with E-state index in [0.717, 1.165) is 10.4 Å². The molecule has 0 saturated heterocycles. The molecule has 18 heavy (non-hydrogen) atoms. The molecule has 0 atom stereocenters. The van der Waals surface area contributed by atoms with Crippen molar-refractivity contribution in [3.63, 3.8) is 0 Å². The summed E-state index contributed by atoms with van der Waals surface area (Å²) in [5.41, 5.74) is 0.713. The second-order valence-electron chi connectivity index (χ2n) is 5.10. The van der Waals surface area contributed by atoms with Crippen molar-refractivity contribution in [2.75, 3.05) is 5.32 Å². The van der Waals surface area contributed by atoms with Crippen molar-refractivity contribution in [2.24, 2.45) is 5.41 Å². The fraction of sp³-hybridized carbons (Fsp3) is 0.286. The highest BCUT2D eigenvalue weighted by atomic mass is 32.1. The van der Waals surface area contributed by atoms with Crippen molar-refractivity contribution >= 4 is 22.4 Å². The Hall–Kier alpha value is -1.68. The second kappa shape index (κ2) is 4.90. The summed E-state index contributed by atoms with van der Waals surface area (Å²) >= 11 is 1.49. The van der Waals surface area contributed by atoms with E-state index in [4.69, 9.17) is 0 Å². The summed E-state index contributed by atoms with van der Waals surface area (Å²) in [6.45, 7) is 5.65. The van der Waals surface area contributed by atoms with Crippen LogP contribution in [-0.2, 0) is 4.79 Å². The zero-order chi connectivity index (χ0) is 13.2. The number of carbonyl (C=O) groups is 1. The summed E-state index contributed by atoms with van der Waals surface area (Å²) in [4.78, 5) is 17.1. The number of anilines is 1. The lowest BCUT2D eigenvalue weighted by Gasteiger charge is -2.15. The maximum Gasteiger partial charge on any atom is 0.231 e. The van der Waals surface area contributed by atoms with Crippen LogP contribution in [0.3, 0.4) is 0 Å². The molecule has 0 unspecified atom stereocenters. The van der Waals surface area contributed by atoms with Crippen LogP contribution >= 0.6 is 11.3 Å². The molecule has 0 aliphatic heterocycles. The van der Waals surface area contributed by atoms with E-state index in [1.165, 1.54) is 11.3 Å². The minimum Gasteiger partial charge on any atom is -0.302 e. The quantitative estimate of drug-likeness (QED) is 0.892. The van der Waals surface area contributed by atoms with Gasteiger partial charge in [-0.1, -0.05) is 62.4 Å². The van der Waals surface area contributed by atoms with Crippen LogP contribution in [0.2, 0.25) is 0 Å². The van der Waals surface area contributed by atoms with Crippen molar-refractivity contribution in [2.45, 2.75) is 20.8 Å². The third kappa shape index (κ3) is 2.96. The summed E-state index contributed by atoms with van der Waals surface area (Å²) < 4.78 is 0. The van der Waals surface area contributed by atoms with Gasteiger partial charge >= 0.3 is 0 Å². The molecule has 4 heteroatoms. The summed E-state index contributed by atoms with van der Waals surface area (Å²) in [6.07, 6.45) is 1.79. The largest absolute Gasteiger partial charge is 0.302 e. The van der Waals surface area contributed by atoms with Gasteiger partial charge in [0.15, 0.2) is 5.13 Å². The van der Waals surface area contributed by atoms with Crippen LogP contribution in [0.5, 0.6) is 0 Å². The van der Waals surface area contributed by atoms with Crippen LogP contribution < -0.4 is 5.32 Å². The van der Waals surface area contributed by atoms with Crippen LogP contribution in [0.1, 0.15) is 20.8 Å². The number of benzene rings is 1. The molecule has 0 aliphatic carbocycles. The van der Waals surface area contributed by atoms with Crippen molar-refractivity contribution in [1.82, 2.24) is 4.98 Å². The fourth-order valence-electron chi connectivity index (χ4n) is 1.35. The van der Waals surface area contributed by atoms with Gasteiger partial charge in [0.05, 0.1) is 4.88 Å². The summed E-state index contributed by atoms with van der Waals surface area (Å²) in [7, 11) is 0. The van der Waals surface area contributed by atoms with Gasteiger partial charge in [0.2, 0.25) is 5.91 Å². The highest BCUT2D eigenvalue weighted by Gasteiger charge is 2.22. The standard InChI is InChI=1S/C14H16N2OS/c1-14(2,3)12(17)16-13-15-9-11(18-13)10-7-5-4-6-8-10/h4-9H,1-3H3,(H,15,16,17). The van der Waals surface area contributed by atoms with E-state index in [9.17, 15) is 4.79 Å². The number of hydrogen-bond acceptors (Lipinski definition) is 3. The summed E-state index contributed by atoms with van der Waals surface area (Å²) in [6, 6.07) is 10.0. The molecular weight excluding hydrogens is 244 g/mol. The number of aromatic nitrogens is 1. The van der Waals surface area contributed by atoms with Gasteiger partial charge < -0.3 is 5.32 Å². The fourth-order valence-corrected chi connectivity index (χ4v) is 2.17. The number of amides is 1. The van der Waals surface area contributed by atoms with E-state index < -0.39 is 5.41 Å². The summed E-state index contributed by atoms with van der Waals surface area (Å²) in [5, 5.41) is 3.49. The number of hydrogen-bond donors (Lipinski definition) is 1. The lowest BCUT2D eigenvalue weighted by atomic mass is 9.96. The lowest BCUT2D eigenvalue weighted by molar-refractivity contribution is -0.123. The predicted molar refractivity (Wildman–Crippen MR) is 75.6 cm³/mol. The highest BCUT2D eigenvalue weighted by molar-refractivity contribution is 7.19. The Labute approximate surface area is 111 Å². The number of thiazole rings is 1. The predicted octanol–water partition coefficient (Wildman–Crippen LogP) is 3.79. The SMILES string of the molecule is CC(C)(C)C(=O)Nc1ncc(-c2ccccc2)s1. The first-order valence-corrected chi connectivity index (χ1v) is 6.61. The van der Waals surface area contributed by atoms with Gasteiger partial charge in [0.25, 0.3) is 0 Å². The number of rotatable bonds is 2. The molecule has 1 N–H and O–H groups in total. The number of carbonyl (C=O) groups excluding carboxylic acids is 1. The molecule has 0 fully saturated rings. The van der Waals surface area contributed by atoms with Crippen LogP contribution in [-0.4, -0.2) is 10.9 Å². The molecule has 1 aromatic carbocycles. The molecule has 1 heterocycles. The van der Waals surface area contributed by atoms with E-state index in [-0.39, 0.29) is 5.91 Å². The van der Waals surface area contributed by atoms with E-state index in [1.807, 2.05) is 51.1 Å². The van der Waals surface area contributed by atoms with Gasteiger partial charge in [-0.05, 0) is 5.56 Å². The van der Waals surface area contributed by atoms with Gasteiger partial charge in [-0.15, -0.1) is 0 Å². The highest BCUT2D eigenvalue weighted by Crippen LogP contribution is 2.29.